The third-order valence-corrected chi connectivity index (χ3v) is 7.99. The molecule has 0 heterocycles. The second-order valence-corrected chi connectivity index (χ2v) is 12.2. The Balaban J connectivity index is -0.000000150. The normalized spacial score (nSPS) is 10.3. The summed E-state index contributed by atoms with van der Waals surface area (Å²) in [4.78, 5) is 20.7. The number of hydrogen-bond acceptors (Lipinski definition) is 2. The van der Waals surface area contributed by atoms with Crippen LogP contribution in [0.15, 0.2) is 0 Å². The molecule has 0 aromatic heterocycles. The molecule has 0 aromatic carbocycles. The molecule has 0 radical (unpaired) electrons. The number of aliphatic carboxylic acids is 2. The van der Waals surface area contributed by atoms with Crippen LogP contribution in [0.25, 0.3) is 0 Å². The Morgan fingerprint density at radius 2 is 0.500 bits per heavy atom. The van der Waals surface area contributed by atoms with Gasteiger partial charge in [-0.2, -0.15) is 0 Å². The van der Waals surface area contributed by atoms with Gasteiger partial charge >= 0.3 is 35.0 Å². The molecule has 0 bridgehead atoms. The van der Waals surface area contributed by atoms with E-state index in [0.717, 1.165) is 25.7 Å². The number of carboxylic acids is 2. The van der Waals surface area contributed by atoms with Gasteiger partial charge in [-0.15, -0.1) is 0 Å². The molecule has 0 atom stereocenters. The minimum atomic E-state index is -0.653. The predicted octanol–water partition coefficient (Wildman–Crippen LogP) is 12.5. The number of carbonyl (C=O) groups is 2. The SMILES string of the molecule is CCCCCCCCCCCCCCCCCC(=O)O.CCCCCCCCCCCCCCCCCC(=O)O.[H-].[H-].[Mg+2].[Zn]. The molecular weight excluding hydrogens is 586 g/mol. The van der Waals surface area contributed by atoms with Gasteiger partial charge in [-0.1, -0.05) is 194 Å². The van der Waals surface area contributed by atoms with E-state index in [4.69, 9.17) is 10.2 Å². The maximum atomic E-state index is 10.3. The predicted molar refractivity (Wildman–Crippen MR) is 182 cm³/mol. The Kier molecular flexibility index (Phi) is 53.6. The van der Waals surface area contributed by atoms with E-state index in [2.05, 4.69) is 13.8 Å². The van der Waals surface area contributed by atoms with Gasteiger partial charge < -0.3 is 13.1 Å². The first kappa shape index (κ1) is 49.2. The van der Waals surface area contributed by atoms with Crippen molar-refractivity contribution in [3.63, 3.8) is 0 Å². The Morgan fingerprint density at radius 3 is 0.643 bits per heavy atom. The van der Waals surface area contributed by atoms with Crippen LogP contribution in [0.2, 0.25) is 0 Å². The maximum Gasteiger partial charge on any atom is 2.00 e. The van der Waals surface area contributed by atoms with Gasteiger partial charge in [0.15, 0.2) is 0 Å². The van der Waals surface area contributed by atoms with Gasteiger partial charge in [-0.05, 0) is 12.8 Å². The van der Waals surface area contributed by atoms with Crippen molar-refractivity contribution in [3.8, 4) is 0 Å². The minimum absolute atomic E-state index is 0. The summed E-state index contributed by atoms with van der Waals surface area (Å²) in [5, 5.41) is 17.0. The third-order valence-electron chi connectivity index (χ3n) is 7.99. The van der Waals surface area contributed by atoms with E-state index in [-0.39, 0.29) is 45.4 Å². The summed E-state index contributed by atoms with van der Waals surface area (Å²) in [6.07, 6.45) is 40.4. The van der Waals surface area contributed by atoms with Gasteiger partial charge in [0.05, 0.1) is 0 Å². The van der Waals surface area contributed by atoms with Crippen molar-refractivity contribution >= 4 is 35.0 Å². The van der Waals surface area contributed by atoms with Gasteiger partial charge in [0.1, 0.15) is 0 Å². The summed E-state index contributed by atoms with van der Waals surface area (Å²) in [6, 6.07) is 0. The van der Waals surface area contributed by atoms with Crippen molar-refractivity contribution in [1.29, 1.82) is 0 Å². The second kappa shape index (κ2) is 45.8. The van der Waals surface area contributed by atoms with E-state index in [1.807, 2.05) is 0 Å². The van der Waals surface area contributed by atoms with Gasteiger partial charge in [0.25, 0.3) is 0 Å². The quantitative estimate of drug-likeness (QED) is 0.0556. The molecule has 0 aliphatic rings. The van der Waals surface area contributed by atoms with E-state index in [9.17, 15) is 9.59 Å². The molecule has 2 N–H and O–H groups in total. The average molecular weight is 661 g/mol. The van der Waals surface area contributed by atoms with Gasteiger partial charge in [-0.25, -0.2) is 0 Å². The summed E-state index contributed by atoms with van der Waals surface area (Å²) in [6.45, 7) is 4.54. The fourth-order valence-corrected chi connectivity index (χ4v) is 5.30. The molecule has 42 heavy (non-hydrogen) atoms. The molecule has 0 fully saturated rings. The summed E-state index contributed by atoms with van der Waals surface area (Å²) in [7, 11) is 0. The fraction of sp³-hybridized carbons (Fsp3) is 0.944. The van der Waals surface area contributed by atoms with Crippen LogP contribution >= 0.6 is 0 Å². The van der Waals surface area contributed by atoms with Crippen molar-refractivity contribution in [1.82, 2.24) is 0 Å². The smallest absolute Gasteiger partial charge is 1.00 e. The molecule has 0 spiro atoms. The van der Waals surface area contributed by atoms with Crippen LogP contribution in [0.3, 0.4) is 0 Å². The summed E-state index contributed by atoms with van der Waals surface area (Å²) >= 11 is 0. The molecule has 246 valence electrons. The Bertz CT molecular complexity index is 473. The first-order valence-corrected chi connectivity index (χ1v) is 18.0. The topological polar surface area (TPSA) is 74.6 Å². The fourth-order valence-electron chi connectivity index (χ4n) is 5.30. The molecule has 0 aliphatic carbocycles. The molecule has 0 aromatic rings. The van der Waals surface area contributed by atoms with E-state index in [1.165, 1.54) is 167 Å². The van der Waals surface area contributed by atoms with E-state index >= 15 is 0 Å². The number of carboxylic acid groups (broad SMARTS) is 2. The summed E-state index contributed by atoms with van der Waals surface area (Å²) in [5.74, 6) is -1.31. The molecule has 0 saturated carbocycles. The van der Waals surface area contributed by atoms with Crippen LogP contribution in [0, 0.1) is 0 Å². The number of rotatable bonds is 32. The number of hydrogen-bond donors (Lipinski definition) is 2. The monoisotopic (exact) mass is 658 g/mol. The molecule has 0 rings (SSSR count). The second-order valence-electron chi connectivity index (χ2n) is 12.2. The van der Waals surface area contributed by atoms with Crippen LogP contribution in [0.4, 0.5) is 0 Å². The Morgan fingerprint density at radius 1 is 0.357 bits per heavy atom. The molecule has 6 heteroatoms. The molecular formula is C36H74MgO4Zn. The van der Waals surface area contributed by atoms with Crippen LogP contribution in [0.1, 0.15) is 222 Å². The standard InChI is InChI=1S/2C18H36O2.Mg.Zn.2H/c2*1-2-3-4-5-6-7-8-9-10-11-12-13-14-15-16-17-18(19)20;;;;/h2*2-17H2,1H3,(H,19,20);;;;/q;;+2;;2*-1. The maximum absolute atomic E-state index is 10.3. The summed E-state index contributed by atoms with van der Waals surface area (Å²) in [5.41, 5.74) is 0. The zero-order chi connectivity index (χ0) is 29.8. The average Bonchev–Trinajstić information content (AvgIpc) is 2.93. The van der Waals surface area contributed by atoms with Crippen LogP contribution < -0.4 is 0 Å². The van der Waals surface area contributed by atoms with Crippen molar-refractivity contribution in [2.75, 3.05) is 0 Å². The zero-order valence-corrected chi connectivity index (χ0v) is 33.1. The Labute approximate surface area is 295 Å². The molecule has 0 aliphatic heterocycles. The minimum Gasteiger partial charge on any atom is -1.00 e. The van der Waals surface area contributed by atoms with E-state index < -0.39 is 11.9 Å². The van der Waals surface area contributed by atoms with Crippen LogP contribution in [0.5, 0.6) is 0 Å². The molecule has 4 nitrogen and oxygen atoms in total. The molecule has 0 unspecified atom stereocenters. The van der Waals surface area contributed by atoms with E-state index in [1.54, 1.807) is 0 Å². The molecule has 0 saturated heterocycles. The Hall–Kier alpha value is 0.330. The first-order valence-electron chi connectivity index (χ1n) is 18.0. The molecule has 0 amide bonds. The van der Waals surface area contributed by atoms with Crippen molar-refractivity contribution in [2.45, 2.75) is 219 Å². The van der Waals surface area contributed by atoms with Crippen molar-refractivity contribution < 1.29 is 42.1 Å². The van der Waals surface area contributed by atoms with E-state index in [0.29, 0.717) is 12.8 Å². The summed E-state index contributed by atoms with van der Waals surface area (Å²) < 4.78 is 0. The first-order chi connectivity index (χ1) is 19.5. The zero-order valence-electron chi connectivity index (χ0n) is 30.8. The largest absolute Gasteiger partial charge is 2.00 e. The van der Waals surface area contributed by atoms with Gasteiger partial charge in [0, 0.05) is 32.3 Å². The van der Waals surface area contributed by atoms with Crippen LogP contribution in [-0.2, 0) is 29.1 Å². The van der Waals surface area contributed by atoms with Crippen LogP contribution in [-0.4, -0.2) is 45.2 Å². The van der Waals surface area contributed by atoms with Gasteiger partial charge in [0.2, 0.25) is 0 Å². The third kappa shape index (κ3) is 52.9. The van der Waals surface area contributed by atoms with Crippen molar-refractivity contribution in [2.24, 2.45) is 0 Å². The van der Waals surface area contributed by atoms with Gasteiger partial charge in [-0.3, -0.25) is 9.59 Å². The number of unbranched alkanes of at least 4 members (excludes halogenated alkanes) is 28. The van der Waals surface area contributed by atoms with Crippen molar-refractivity contribution in [3.05, 3.63) is 0 Å².